The van der Waals surface area contributed by atoms with E-state index in [1.165, 1.54) is 7.11 Å². The Kier molecular flexibility index (Phi) is 6.52. The number of ether oxygens (including phenoxy) is 1. The van der Waals surface area contributed by atoms with Crippen LogP contribution in [0.2, 0.25) is 0 Å². The molecule has 1 rings (SSSR count). The van der Waals surface area contributed by atoms with Crippen molar-refractivity contribution in [3.63, 3.8) is 0 Å². The second kappa shape index (κ2) is 6.53. The molecule has 15 heavy (non-hydrogen) atoms. The van der Waals surface area contributed by atoms with Crippen LogP contribution >= 0.6 is 0 Å². The zero-order valence-electron chi connectivity index (χ0n) is 9.87. The fraction of sp³-hybridized carbons (Fsp3) is 0.700. The van der Waals surface area contributed by atoms with E-state index in [0.29, 0.717) is 19.0 Å². The summed E-state index contributed by atoms with van der Waals surface area (Å²) in [5.41, 5.74) is 0. The molecular weight excluding hydrogens is 205 g/mol. The zero-order chi connectivity index (χ0) is 10.7. The molecule has 0 unspecified atom stereocenters. The average Bonchev–Trinajstić information content (AvgIpc) is 2.17. The van der Waals surface area contributed by atoms with E-state index in [2.05, 4.69) is 9.64 Å². The van der Waals surface area contributed by atoms with Gasteiger partial charge in [-0.05, 0) is 20.3 Å². The number of Topliss-reactive ketones (excluding diaryl/α,β-unsaturated/α-hetero) is 1. The van der Waals surface area contributed by atoms with Crippen molar-refractivity contribution in [3.8, 4) is 0 Å². The third-order valence-electron chi connectivity index (χ3n) is 2.49. The summed E-state index contributed by atoms with van der Waals surface area (Å²) in [4.78, 5) is 24.7. The fourth-order valence-electron chi connectivity index (χ4n) is 1.51. The zero-order valence-corrected chi connectivity index (χ0v) is 11.9. The van der Waals surface area contributed by atoms with E-state index in [-0.39, 0.29) is 41.3 Å². The third kappa shape index (κ3) is 3.79. The van der Waals surface area contributed by atoms with Gasteiger partial charge in [0, 0.05) is 18.4 Å². The second-order valence-electron chi connectivity index (χ2n) is 3.71. The topological polar surface area (TPSA) is 46.6 Å². The van der Waals surface area contributed by atoms with Gasteiger partial charge in [0.15, 0.2) is 5.97 Å². The van der Waals surface area contributed by atoms with Crippen molar-refractivity contribution >= 4 is 11.8 Å². The number of likely N-dealkylation sites (tertiary alicyclic amines) is 1. The van der Waals surface area contributed by atoms with E-state index in [9.17, 15) is 9.59 Å². The van der Waals surface area contributed by atoms with Crippen molar-refractivity contribution < 1.29 is 43.9 Å². The van der Waals surface area contributed by atoms with Crippen molar-refractivity contribution in [2.75, 3.05) is 20.2 Å². The molecule has 5 heteroatoms. The van der Waals surface area contributed by atoms with E-state index < -0.39 is 5.97 Å². The number of hydrogen-bond donors (Lipinski definition) is 0. The minimum absolute atomic E-state index is 0. The van der Waals surface area contributed by atoms with Crippen molar-refractivity contribution in [1.29, 1.82) is 0 Å². The molecule has 0 saturated carbocycles. The maximum atomic E-state index is 11.4. The van der Waals surface area contributed by atoms with Crippen molar-refractivity contribution in [2.24, 2.45) is 0 Å². The normalized spacial score (nSPS) is 17.6. The van der Waals surface area contributed by atoms with Crippen LogP contribution in [-0.2, 0) is 14.3 Å². The maximum Gasteiger partial charge on any atom is 1.00 e. The summed E-state index contributed by atoms with van der Waals surface area (Å²) in [5, 5.41) is 0. The monoisotopic (exact) mass is 221 g/mol. The molecule has 1 fully saturated rings. The first kappa shape index (κ1) is 15.0. The number of hydrogen-bond acceptors (Lipinski definition) is 4. The molecule has 80 valence electrons. The molecule has 0 radical (unpaired) electrons. The fourth-order valence-corrected chi connectivity index (χ4v) is 1.51. The summed E-state index contributed by atoms with van der Waals surface area (Å²) < 4.78 is 4.56. The molecule has 0 aromatic rings. The summed E-state index contributed by atoms with van der Waals surface area (Å²) in [6, 6.07) is 0.350. The molecule has 1 aliphatic heterocycles. The Labute approximate surface area is 113 Å². The SMILES string of the molecule is COC(=O)[C-]1CN(C(C)C)CCC1=O.[Na+]. The van der Waals surface area contributed by atoms with Crippen LogP contribution in [0.3, 0.4) is 0 Å². The second-order valence-corrected chi connectivity index (χ2v) is 3.71. The first-order valence-corrected chi connectivity index (χ1v) is 4.77. The quantitative estimate of drug-likeness (QED) is 0.292. The Morgan fingerprint density at radius 2 is 2.13 bits per heavy atom. The smallest absolute Gasteiger partial charge is 0.491 e. The number of esters is 1. The Balaban J connectivity index is 0.00000196. The number of methoxy groups -OCH3 is 1. The van der Waals surface area contributed by atoms with Gasteiger partial charge in [-0.25, -0.2) is 0 Å². The largest absolute Gasteiger partial charge is 1.00 e. The number of rotatable bonds is 2. The molecule has 1 aliphatic rings. The predicted octanol–water partition coefficient (Wildman–Crippen LogP) is -2.58. The van der Waals surface area contributed by atoms with Crippen LogP contribution in [0.15, 0.2) is 0 Å². The van der Waals surface area contributed by atoms with Crippen LogP contribution in [0.4, 0.5) is 0 Å². The number of piperidine rings is 1. The number of carbonyl (C=O) groups is 2. The average molecular weight is 221 g/mol. The Hall–Kier alpha value is -0.0300. The molecule has 0 bridgehead atoms. The molecule has 1 saturated heterocycles. The van der Waals surface area contributed by atoms with Crippen LogP contribution < -0.4 is 29.6 Å². The molecule has 0 atom stereocenters. The van der Waals surface area contributed by atoms with Gasteiger partial charge in [0.05, 0.1) is 7.11 Å². The van der Waals surface area contributed by atoms with Gasteiger partial charge in [-0.15, -0.1) is 0 Å². The first-order chi connectivity index (χ1) is 6.56. The van der Waals surface area contributed by atoms with Gasteiger partial charge in [0.2, 0.25) is 0 Å². The molecule has 0 amide bonds. The molecule has 4 nitrogen and oxygen atoms in total. The van der Waals surface area contributed by atoms with E-state index in [1.807, 2.05) is 13.8 Å². The Bertz CT molecular complexity index is 235. The number of carbonyl (C=O) groups excluding carboxylic acids is 2. The number of nitrogens with zero attached hydrogens (tertiary/aromatic N) is 1. The summed E-state index contributed by atoms with van der Waals surface area (Å²) in [7, 11) is 1.30. The standard InChI is InChI=1S/C10H16NO3.Na/c1-7(2)11-5-4-9(12)8(6-11)10(13)14-3;/h7H,4-6H2,1-3H3;/q-1;+1. The molecule has 1 heterocycles. The van der Waals surface area contributed by atoms with E-state index in [0.717, 1.165) is 6.54 Å². The minimum Gasteiger partial charge on any atom is -0.491 e. The molecule has 0 aliphatic carbocycles. The Morgan fingerprint density at radius 3 is 2.60 bits per heavy atom. The van der Waals surface area contributed by atoms with Crippen molar-refractivity contribution in [2.45, 2.75) is 26.3 Å². The van der Waals surface area contributed by atoms with Gasteiger partial charge in [-0.2, -0.15) is 5.92 Å². The molecular formula is C10H16NNaO3. The van der Waals surface area contributed by atoms with Crippen molar-refractivity contribution in [1.82, 2.24) is 4.90 Å². The van der Waals surface area contributed by atoms with E-state index >= 15 is 0 Å². The molecule has 0 N–H and O–H groups in total. The summed E-state index contributed by atoms with van der Waals surface area (Å²) >= 11 is 0. The maximum absolute atomic E-state index is 11.4. The summed E-state index contributed by atoms with van der Waals surface area (Å²) in [5.74, 6) is -0.276. The van der Waals surface area contributed by atoms with Crippen LogP contribution in [0.5, 0.6) is 0 Å². The van der Waals surface area contributed by atoms with Gasteiger partial charge >= 0.3 is 29.6 Å². The van der Waals surface area contributed by atoms with Crippen molar-refractivity contribution in [3.05, 3.63) is 5.92 Å². The van der Waals surface area contributed by atoms with Gasteiger partial charge < -0.3 is 14.4 Å². The van der Waals surface area contributed by atoms with E-state index in [4.69, 9.17) is 0 Å². The van der Waals surface area contributed by atoms with Gasteiger partial charge in [-0.1, -0.05) is 6.54 Å². The third-order valence-corrected chi connectivity index (χ3v) is 2.49. The first-order valence-electron chi connectivity index (χ1n) is 4.77. The molecule has 0 aromatic carbocycles. The molecule has 0 aromatic heterocycles. The van der Waals surface area contributed by atoms with Crippen LogP contribution in [-0.4, -0.2) is 42.9 Å². The summed E-state index contributed by atoms with van der Waals surface area (Å²) in [6.07, 6.45) is 0.419. The van der Waals surface area contributed by atoms with E-state index in [1.54, 1.807) is 0 Å². The van der Waals surface area contributed by atoms with Crippen LogP contribution in [0, 0.1) is 5.92 Å². The number of ketones is 1. The van der Waals surface area contributed by atoms with Crippen LogP contribution in [0.25, 0.3) is 0 Å². The summed E-state index contributed by atoms with van der Waals surface area (Å²) in [6.45, 7) is 5.25. The minimum atomic E-state index is -0.486. The Morgan fingerprint density at radius 1 is 1.53 bits per heavy atom. The van der Waals surface area contributed by atoms with Gasteiger partial charge in [0.1, 0.15) is 0 Å². The molecule has 0 spiro atoms. The van der Waals surface area contributed by atoms with Gasteiger partial charge in [-0.3, -0.25) is 4.79 Å². The predicted molar refractivity (Wildman–Crippen MR) is 51.6 cm³/mol. The van der Waals surface area contributed by atoms with Gasteiger partial charge in [0.25, 0.3) is 0 Å². The van der Waals surface area contributed by atoms with Crippen LogP contribution in [0.1, 0.15) is 20.3 Å².